The summed E-state index contributed by atoms with van der Waals surface area (Å²) in [4.78, 5) is 9.38. The molecule has 1 heterocycles. The normalized spacial score (nSPS) is 17.3. The van der Waals surface area contributed by atoms with Crippen LogP contribution in [-0.2, 0) is 17.8 Å². The molecule has 1 aromatic carbocycles. The lowest BCUT2D eigenvalue weighted by atomic mass is 10.1. The summed E-state index contributed by atoms with van der Waals surface area (Å²) >= 11 is 0. The van der Waals surface area contributed by atoms with Crippen LogP contribution in [-0.4, -0.2) is 75.3 Å². The molecule has 0 aliphatic carbocycles. The van der Waals surface area contributed by atoms with E-state index in [1.807, 2.05) is 0 Å². The molecule has 0 aromatic heterocycles. The molecule has 1 aliphatic heterocycles. The van der Waals surface area contributed by atoms with Crippen LogP contribution in [0.15, 0.2) is 29.3 Å². The van der Waals surface area contributed by atoms with Gasteiger partial charge in [0.15, 0.2) is 5.96 Å². The zero-order valence-electron chi connectivity index (χ0n) is 17.2. The highest BCUT2D eigenvalue weighted by molar-refractivity contribution is 14.0. The van der Waals surface area contributed by atoms with E-state index in [2.05, 4.69) is 63.5 Å². The molecule has 1 unspecified atom stereocenters. The van der Waals surface area contributed by atoms with E-state index >= 15 is 0 Å². The number of halogens is 1. The number of piperazine rings is 1. The summed E-state index contributed by atoms with van der Waals surface area (Å²) in [7, 11) is 3.51. The second-order valence-electron chi connectivity index (χ2n) is 6.91. The number of methoxy groups -OCH3 is 1. The maximum Gasteiger partial charge on any atom is 0.191 e. The Hall–Kier alpha value is -0.900. The van der Waals surface area contributed by atoms with E-state index < -0.39 is 0 Å². The molecule has 1 aromatic rings. The quantitative estimate of drug-likeness (QED) is 0.333. The van der Waals surface area contributed by atoms with E-state index in [-0.39, 0.29) is 30.0 Å². The van der Waals surface area contributed by atoms with Crippen LogP contribution in [0.1, 0.15) is 25.0 Å². The summed E-state index contributed by atoms with van der Waals surface area (Å²) in [6, 6.07) is 8.91. The maximum atomic E-state index is 5.18. The summed E-state index contributed by atoms with van der Waals surface area (Å²) in [5, 5.41) is 6.77. The molecule has 7 heteroatoms. The molecule has 1 fully saturated rings. The zero-order chi connectivity index (χ0) is 18.8. The fraction of sp³-hybridized carbons (Fsp3) is 0.650. The topological polar surface area (TPSA) is 52.1 Å². The fourth-order valence-corrected chi connectivity index (χ4v) is 3.29. The number of benzene rings is 1. The van der Waals surface area contributed by atoms with Crippen molar-refractivity contribution >= 4 is 29.9 Å². The summed E-state index contributed by atoms with van der Waals surface area (Å²) < 4.78 is 5.18. The molecule has 0 amide bonds. The molecule has 1 aliphatic rings. The van der Waals surface area contributed by atoms with Crippen molar-refractivity contribution in [2.45, 2.75) is 33.0 Å². The molecule has 1 atom stereocenters. The van der Waals surface area contributed by atoms with Gasteiger partial charge < -0.3 is 20.3 Å². The Morgan fingerprint density at radius 2 is 1.78 bits per heavy atom. The minimum absolute atomic E-state index is 0. The van der Waals surface area contributed by atoms with Gasteiger partial charge in [-0.2, -0.15) is 0 Å². The third kappa shape index (κ3) is 8.33. The highest BCUT2D eigenvalue weighted by atomic mass is 127. The van der Waals surface area contributed by atoms with Crippen molar-refractivity contribution in [3.8, 4) is 0 Å². The number of rotatable bonds is 8. The van der Waals surface area contributed by atoms with Crippen molar-refractivity contribution in [2.24, 2.45) is 4.99 Å². The first-order valence-corrected chi connectivity index (χ1v) is 9.63. The number of aliphatic imine (C=N–C) groups is 1. The lowest BCUT2D eigenvalue weighted by molar-refractivity contribution is 0.131. The number of ether oxygens (including phenoxy) is 1. The first-order chi connectivity index (χ1) is 12.7. The minimum Gasteiger partial charge on any atom is -0.383 e. The summed E-state index contributed by atoms with van der Waals surface area (Å²) in [6.45, 7) is 12.6. The average molecular weight is 489 g/mol. The van der Waals surface area contributed by atoms with Gasteiger partial charge in [-0.1, -0.05) is 31.2 Å². The third-order valence-corrected chi connectivity index (χ3v) is 4.89. The van der Waals surface area contributed by atoms with Gasteiger partial charge in [-0.3, -0.25) is 9.89 Å². The second-order valence-corrected chi connectivity index (χ2v) is 6.91. The van der Waals surface area contributed by atoms with Crippen LogP contribution in [0.5, 0.6) is 0 Å². The Balaban J connectivity index is 0.00000364. The first-order valence-electron chi connectivity index (χ1n) is 9.63. The van der Waals surface area contributed by atoms with Crippen LogP contribution in [0, 0.1) is 0 Å². The van der Waals surface area contributed by atoms with E-state index in [1.165, 1.54) is 24.2 Å². The van der Waals surface area contributed by atoms with Crippen LogP contribution in [0.3, 0.4) is 0 Å². The van der Waals surface area contributed by atoms with Crippen LogP contribution in [0.4, 0.5) is 0 Å². The molecule has 154 valence electrons. The van der Waals surface area contributed by atoms with E-state index in [1.54, 1.807) is 14.2 Å². The predicted molar refractivity (Wildman–Crippen MR) is 124 cm³/mol. The van der Waals surface area contributed by atoms with Crippen molar-refractivity contribution in [3.63, 3.8) is 0 Å². The molecule has 0 bridgehead atoms. The standard InChI is InChI=1S/C20H35N5O.HI/c1-5-24-10-12-25(13-11-24)15-19-9-7-6-8-18(19)14-22-20(21-3)23-17(2)16-26-4;/h6-9,17H,5,10-16H2,1-4H3,(H2,21,22,23);1H. The Kier molecular flexibility index (Phi) is 11.9. The van der Waals surface area contributed by atoms with E-state index in [4.69, 9.17) is 4.74 Å². The zero-order valence-corrected chi connectivity index (χ0v) is 19.5. The molecule has 0 radical (unpaired) electrons. The number of hydrogen-bond donors (Lipinski definition) is 2. The van der Waals surface area contributed by atoms with Gasteiger partial charge in [-0.05, 0) is 24.6 Å². The van der Waals surface area contributed by atoms with Gasteiger partial charge in [-0.15, -0.1) is 24.0 Å². The molecular formula is C20H36IN5O. The summed E-state index contributed by atoms with van der Waals surface area (Å²) in [5.41, 5.74) is 2.72. The van der Waals surface area contributed by atoms with Crippen LogP contribution < -0.4 is 10.6 Å². The Morgan fingerprint density at radius 1 is 1.15 bits per heavy atom. The van der Waals surface area contributed by atoms with Crippen LogP contribution in [0.2, 0.25) is 0 Å². The number of guanidine groups is 1. The molecular weight excluding hydrogens is 453 g/mol. The van der Waals surface area contributed by atoms with Gasteiger partial charge in [0.1, 0.15) is 0 Å². The Labute approximate surface area is 181 Å². The number of likely N-dealkylation sites (N-methyl/N-ethyl adjacent to an activating group) is 1. The largest absolute Gasteiger partial charge is 0.383 e. The van der Waals surface area contributed by atoms with Crippen LogP contribution in [0.25, 0.3) is 0 Å². The number of nitrogens with zero attached hydrogens (tertiary/aromatic N) is 3. The maximum absolute atomic E-state index is 5.18. The van der Waals surface area contributed by atoms with Crippen molar-refractivity contribution in [2.75, 3.05) is 53.5 Å². The third-order valence-electron chi connectivity index (χ3n) is 4.89. The summed E-state index contributed by atoms with van der Waals surface area (Å²) in [6.07, 6.45) is 0. The van der Waals surface area contributed by atoms with Crippen LogP contribution >= 0.6 is 24.0 Å². The molecule has 0 spiro atoms. The van der Waals surface area contributed by atoms with E-state index in [9.17, 15) is 0 Å². The molecule has 6 nitrogen and oxygen atoms in total. The van der Waals surface area contributed by atoms with E-state index in [0.717, 1.165) is 38.7 Å². The van der Waals surface area contributed by atoms with Crippen molar-refractivity contribution in [3.05, 3.63) is 35.4 Å². The summed E-state index contributed by atoms with van der Waals surface area (Å²) in [5.74, 6) is 0.806. The van der Waals surface area contributed by atoms with E-state index in [0.29, 0.717) is 6.61 Å². The molecule has 1 saturated heterocycles. The second kappa shape index (κ2) is 13.3. The lowest BCUT2D eigenvalue weighted by Crippen LogP contribution is -2.46. The Bertz CT molecular complexity index is 561. The monoisotopic (exact) mass is 489 g/mol. The van der Waals surface area contributed by atoms with Crippen molar-refractivity contribution in [1.82, 2.24) is 20.4 Å². The minimum atomic E-state index is 0. The molecule has 2 rings (SSSR count). The van der Waals surface area contributed by atoms with Gasteiger partial charge in [0, 0.05) is 59.5 Å². The highest BCUT2D eigenvalue weighted by Gasteiger charge is 2.16. The van der Waals surface area contributed by atoms with Crippen molar-refractivity contribution < 1.29 is 4.74 Å². The van der Waals surface area contributed by atoms with Gasteiger partial charge in [-0.25, -0.2) is 0 Å². The molecule has 0 saturated carbocycles. The molecule has 27 heavy (non-hydrogen) atoms. The highest BCUT2D eigenvalue weighted by Crippen LogP contribution is 2.13. The Morgan fingerprint density at radius 3 is 2.37 bits per heavy atom. The number of nitrogens with one attached hydrogen (secondary N) is 2. The van der Waals surface area contributed by atoms with Crippen molar-refractivity contribution in [1.29, 1.82) is 0 Å². The fourth-order valence-electron chi connectivity index (χ4n) is 3.29. The molecule has 2 N–H and O–H groups in total. The average Bonchev–Trinajstić information content (AvgIpc) is 2.67. The lowest BCUT2D eigenvalue weighted by Gasteiger charge is -2.34. The first kappa shape index (κ1) is 24.1. The smallest absolute Gasteiger partial charge is 0.191 e. The number of hydrogen-bond acceptors (Lipinski definition) is 4. The van der Waals surface area contributed by atoms with Gasteiger partial charge in [0.05, 0.1) is 6.61 Å². The van der Waals surface area contributed by atoms with Gasteiger partial charge >= 0.3 is 0 Å². The SMILES string of the molecule is CCN1CCN(Cc2ccccc2CNC(=NC)NC(C)COC)CC1.I. The van der Waals surface area contributed by atoms with Gasteiger partial charge in [0.2, 0.25) is 0 Å². The predicted octanol–water partition coefficient (Wildman–Crippen LogP) is 2.14. The van der Waals surface area contributed by atoms with Gasteiger partial charge in [0.25, 0.3) is 0 Å².